The van der Waals surface area contributed by atoms with E-state index < -0.39 is 0 Å². The Bertz CT molecular complexity index is 396. The summed E-state index contributed by atoms with van der Waals surface area (Å²) in [4.78, 5) is 2.53. The van der Waals surface area contributed by atoms with Gasteiger partial charge in [-0.1, -0.05) is 33.6 Å². The van der Waals surface area contributed by atoms with E-state index in [4.69, 9.17) is 4.74 Å². The number of benzene rings is 1. The maximum atomic E-state index is 5.55. The molecule has 0 aromatic heterocycles. The highest BCUT2D eigenvalue weighted by atomic mass is 79.9. The van der Waals surface area contributed by atoms with Gasteiger partial charge < -0.3 is 4.74 Å². The molecule has 1 saturated heterocycles. The standard InChI is InChI=1S/C15H22BrNO/c1-11-6-12(2)15(13(3)7-11)9-17-4-5-18-10-14(17)8-16/h6-7,14H,4-5,8-10H2,1-3H3. The number of rotatable bonds is 3. The lowest BCUT2D eigenvalue weighted by molar-refractivity contribution is -0.00228. The molecule has 0 saturated carbocycles. The van der Waals surface area contributed by atoms with Crippen LogP contribution in [0, 0.1) is 20.8 Å². The monoisotopic (exact) mass is 311 g/mol. The van der Waals surface area contributed by atoms with Gasteiger partial charge in [0.2, 0.25) is 0 Å². The predicted octanol–water partition coefficient (Wildman–Crippen LogP) is 3.21. The van der Waals surface area contributed by atoms with Crippen molar-refractivity contribution in [3.05, 3.63) is 34.4 Å². The number of aryl methyl sites for hydroxylation is 3. The van der Waals surface area contributed by atoms with Crippen LogP contribution in [0.4, 0.5) is 0 Å². The molecule has 1 aromatic rings. The minimum absolute atomic E-state index is 0.499. The predicted molar refractivity (Wildman–Crippen MR) is 79.5 cm³/mol. The molecule has 100 valence electrons. The summed E-state index contributed by atoms with van der Waals surface area (Å²) in [6, 6.07) is 5.07. The molecule has 1 atom stereocenters. The number of nitrogens with zero attached hydrogens (tertiary/aromatic N) is 1. The van der Waals surface area contributed by atoms with Crippen LogP contribution in [0.3, 0.4) is 0 Å². The summed E-state index contributed by atoms with van der Waals surface area (Å²) in [5.74, 6) is 0. The first-order valence-electron chi connectivity index (χ1n) is 6.56. The molecule has 0 spiro atoms. The molecule has 0 N–H and O–H groups in total. The fraction of sp³-hybridized carbons (Fsp3) is 0.600. The zero-order valence-corrected chi connectivity index (χ0v) is 13.1. The van der Waals surface area contributed by atoms with Crippen LogP contribution < -0.4 is 0 Å². The highest BCUT2D eigenvalue weighted by molar-refractivity contribution is 9.09. The first-order valence-corrected chi connectivity index (χ1v) is 7.68. The SMILES string of the molecule is Cc1cc(C)c(CN2CCOCC2CBr)c(C)c1. The molecule has 18 heavy (non-hydrogen) atoms. The van der Waals surface area contributed by atoms with Crippen LogP contribution in [0.1, 0.15) is 22.3 Å². The molecule has 1 fully saturated rings. The second kappa shape index (κ2) is 6.18. The third kappa shape index (κ3) is 3.14. The Balaban J connectivity index is 2.17. The maximum Gasteiger partial charge on any atom is 0.0630 e. The van der Waals surface area contributed by atoms with E-state index in [0.717, 1.165) is 31.6 Å². The zero-order chi connectivity index (χ0) is 13.1. The van der Waals surface area contributed by atoms with Crippen LogP contribution in [0.2, 0.25) is 0 Å². The van der Waals surface area contributed by atoms with Gasteiger partial charge >= 0.3 is 0 Å². The van der Waals surface area contributed by atoms with E-state index >= 15 is 0 Å². The van der Waals surface area contributed by atoms with E-state index in [0.29, 0.717) is 6.04 Å². The van der Waals surface area contributed by atoms with Gasteiger partial charge in [0.15, 0.2) is 0 Å². The van der Waals surface area contributed by atoms with Crippen molar-refractivity contribution in [1.82, 2.24) is 4.90 Å². The Kier molecular flexibility index (Phi) is 4.82. The molecule has 1 unspecified atom stereocenters. The minimum Gasteiger partial charge on any atom is -0.378 e. The van der Waals surface area contributed by atoms with Crippen LogP contribution in [-0.4, -0.2) is 36.0 Å². The van der Waals surface area contributed by atoms with Gasteiger partial charge in [0, 0.05) is 24.5 Å². The molecule has 1 aromatic carbocycles. The van der Waals surface area contributed by atoms with Gasteiger partial charge in [0.1, 0.15) is 0 Å². The van der Waals surface area contributed by atoms with E-state index in [2.05, 4.69) is 53.7 Å². The van der Waals surface area contributed by atoms with Gasteiger partial charge in [0.25, 0.3) is 0 Å². The van der Waals surface area contributed by atoms with Crippen molar-refractivity contribution in [2.75, 3.05) is 25.1 Å². The van der Waals surface area contributed by atoms with Gasteiger partial charge in [-0.3, -0.25) is 4.90 Å². The lowest BCUT2D eigenvalue weighted by atomic mass is 9.99. The first-order chi connectivity index (χ1) is 8.61. The van der Waals surface area contributed by atoms with Crippen molar-refractivity contribution >= 4 is 15.9 Å². The number of morpholine rings is 1. The van der Waals surface area contributed by atoms with E-state index in [-0.39, 0.29) is 0 Å². The zero-order valence-electron chi connectivity index (χ0n) is 11.5. The van der Waals surface area contributed by atoms with E-state index in [1.54, 1.807) is 0 Å². The van der Waals surface area contributed by atoms with Crippen molar-refractivity contribution in [1.29, 1.82) is 0 Å². The summed E-state index contributed by atoms with van der Waals surface area (Å²) in [7, 11) is 0. The van der Waals surface area contributed by atoms with E-state index in [1.165, 1.54) is 22.3 Å². The molecule has 1 aliphatic rings. The number of alkyl halides is 1. The average Bonchev–Trinajstić information content (AvgIpc) is 2.34. The lowest BCUT2D eigenvalue weighted by Gasteiger charge is -2.35. The highest BCUT2D eigenvalue weighted by Crippen LogP contribution is 2.21. The van der Waals surface area contributed by atoms with Gasteiger partial charge in [0.05, 0.1) is 13.2 Å². The number of ether oxygens (including phenoxy) is 1. The summed E-state index contributed by atoms with van der Waals surface area (Å²) >= 11 is 3.59. The molecule has 0 aliphatic carbocycles. The van der Waals surface area contributed by atoms with E-state index in [9.17, 15) is 0 Å². The van der Waals surface area contributed by atoms with E-state index in [1.807, 2.05) is 0 Å². The largest absolute Gasteiger partial charge is 0.378 e. The third-order valence-electron chi connectivity index (χ3n) is 3.73. The molecule has 0 bridgehead atoms. The Morgan fingerprint density at radius 3 is 2.56 bits per heavy atom. The summed E-state index contributed by atoms with van der Waals surface area (Å²) in [5, 5.41) is 0.983. The average molecular weight is 312 g/mol. The maximum absolute atomic E-state index is 5.55. The molecule has 1 aliphatic heterocycles. The molecule has 1 heterocycles. The smallest absolute Gasteiger partial charge is 0.0630 e. The fourth-order valence-electron chi connectivity index (χ4n) is 2.70. The number of hydrogen-bond donors (Lipinski definition) is 0. The summed E-state index contributed by atoms with van der Waals surface area (Å²) in [6.07, 6.45) is 0. The quantitative estimate of drug-likeness (QED) is 0.795. The molecular formula is C15H22BrNO. The van der Waals surface area contributed by atoms with Crippen LogP contribution in [-0.2, 0) is 11.3 Å². The Hall–Kier alpha value is -0.380. The first kappa shape index (κ1) is 14.0. The van der Waals surface area contributed by atoms with Gasteiger partial charge in [-0.05, 0) is 37.5 Å². The second-order valence-electron chi connectivity index (χ2n) is 5.23. The van der Waals surface area contributed by atoms with Crippen molar-refractivity contribution in [3.8, 4) is 0 Å². The van der Waals surface area contributed by atoms with Crippen molar-refractivity contribution in [2.24, 2.45) is 0 Å². The van der Waals surface area contributed by atoms with Crippen LogP contribution in [0.5, 0.6) is 0 Å². The van der Waals surface area contributed by atoms with Crippen LogP contribution in [0.25, 0.3) is 0 Å². The van der Waals surface area contributed by atoms with Gasteiger partial charge in [-0.25, -0.2) is 0 Å². The molecule has 0 amide bonds. The summed E-state index contributed by atoms with van der Waals surface area (Å²) < 4.78 is 5.55. The van der Waals surface area contributed by atoms with Crippen molar-refractivity contribution in [2.45, 2.75) is 33.4 Å². The van der Waals surface area contributed by atoms with Gasteiger partial charge in [-0.15, -0.1) is 0 Å². The minimum atomic E-state index is 0.499. The molecule has 2 rings (SSSR count). The molecular weight excluding hydrogens is 290 g/mol. The second-order valence-corrected chi connectivity index (χ2v) is 5.88. The number of hydrogen-bond acceptors (Lipinski definition) is 2. The van der Waals surface area contributed by atoms with Crippen molar-refractivity contribution in [3.63, 3.8) is 0 Å². The Morgan fingerprint density at radius 2 is 1.94 bits per heavy atom. The summed E-state index contributed by atoms with van der Waals surface area (Å²) in [6.45, 7) is 10.4. The number of halogens is 1. The lowest BCUT2D eigenvalue weighted by Crippen LogP contribution is -2.46. The highest BCUT2D eigenvalue weighted by Gasteiger charge is 2.22. The summed E-state index contributed by atoms with van der Waals surface area (Å²) in [5.41, 5.74) is 5.65. The Labute approximate surface area is 118 Å². The topological polar surface area (TPSA) is 12.5 Å². The molecule has 3 heteroatoms. The third-order valence-corrected chi connectivity index (χ3v) is 4.48. The Morgan fingerprint density at radius 1 is 1.28 bits per heavy atom. The van der Waals surface area contributed by atoms with Gasteiger partial charge in [-0.2, -0.15) is 0 Å². The van der Waals surface area contributed by atoms with Crippen LogP contribution in [0.15, 0.2) is 12.1 Å². The van der Waals surface area contributed by atoms with Crippen molar-refractivity contribution < 1.29 is 4.74 Å². The van der Waals surface area contributed by atoms with Crippen LogP contribution >= 0.6 is 15.9 Å². The normalized spacial score (nSPS) is 21.2. The molecule has 0 radical (unpaired) electrons. The fourth-order valence-corrected chi connectivity index (χ4v) is 3.30. The molecule has 2 nitrogen and oxygen atoms in total.